The molecule has 0 aromatic carbocycles. The summed E-state index contributed by atoms with van der Waals surface area (Å²) in [6.07, 6.45) is 40.0. The maximum absolute atomic E-state index is 2.99. The third-order valence-electron chi connectivity index (χ3n) is 2.34. The van der Waals surface area contributed by atoms with Crippen LogP contribution in [0.25, 0.3) is 0 Å². The zero-order valence-electron chi connectivity index (χ0n) is 13.0. The summed E-state index contributed by atoms with van der Waals surface area (Å²) in [5.74, 6) is 0. The molecule has 0 aliphatic heterocycles. The number of halogens is 2. The molecule has 3 heteroatoms. The number of rotatable bonds is 0. The van der Waals surface area contributed by atoms with E-state index in [-0.39, 0.29) is 51.0 Å². The fourth-order valence-corrected chi connectivity index (χ4v) is 1.36. The molecule has 0 N–H and O–H groups in total. The summed E-state index contributed by atoms with van der Waals surface area (Å²) in [6.45, 7) is 0. The fourth-order valence-electron chi connectivity index (χ4n) is 1.36. The van der Waals surface area contributed by atoms with Crippen molar-refractivity contribution in [3.63, 3.8) is 0 Å². The van der Waals surface area contributed by atoms with Gasteiger partial charge >= 0.3 is 26.2 Å². The third kappa shape index (κ3) is 21.4. The fraction of sp³-hybridized carbons (Fsp3) is 0.200. The molecule has 0 saturated heterocycles. The molecular weight excluding hydrogens is 402 g/mol. The predicted molar refractivity (Wildman–Crippen MR) is 86.3 cm³/mol. The average molecular weight is 423 g/mol. The summed E-state index contributed by atoms with van der Waals surface area (Å²) < 4.78 is 0. The van der Waals surface area contributed by atoms with Gasteiger partial charge in [0.1, 0.15) is 0 Å². The summed E-state index contributed by atoms with van der Waals surface area (Å²) >= 11 is 0. The minimum absolute atomic E-state index is 0. The monoisotopic (exact) mass is 420 g/mol. The minimum atomic E-state index is 0. The van der Waals surface area contributed by atoms with Gasteiger partial charge in [-0.3, -0.25) is 24.3 Å². The molecule has 0 spiro atoms. The third-order valence-corrected chi connectivity index (χ3v) is 2.34. The van der Waals surface area contributed by atoms with Crippen molar-refractivity contribution in [2.75, 3.05) is 0 Å². The Morgan fingerprint density at radius 1 is 0.435 bits per heavy atom. The molecule has 0 bridgehead atoms. The van der Waals surface area contributed by atoms with Crippen molar-refractivity contribution >= 4 is 0 Å². The Kier molecular flexibility index (Phi) is 28.0. The molecule has 23 heavy (non-hydrogen) atoms. The van der Waals surface area contributed by atoms with Crippen LogP contribution in [0.2, 0.25) is 0 Å². The average Bonchev–Trinajstić information content (AvgIpc) is 3.40. The normalized spacial score (nSPS) is 15.3. The standard InChI is InChI=1S/4C5H5.2ClH.Zr/c4*1-2-4-5-3-1;;;/h4*1-3H,4H2;2*1H;/q4*-1;;;+2/p-2. The van der Waals surface area contributed by atoms with Gasteiger partial charge in [-0.15, -0.1) is 25.7 Å². The summed E-state index contributed by atoms with van der Waals surface area (Å²) in [5.41, 5.74) is 0. The van der Waals surface area contributed by atoms with Crippen molar-refractivity contribution in [2.45, 2.75) is 25.7 Å². The van der Waals surface area contributed by atoms with Crippen molar-refractivity contribution in [2.24, 2.45) is 0 Å². The molecule has 0 radical (unpaired) electrons. The topological polar surface area (TPSA) is 0 Å². The van der Waals surface area contributed by atoms with Crippen LogP contribution in [0, 0.1) is 24.3 Å². The van der Waals surface area contributed by atoms with Gasteiger partial charge in [0.2, 0.25) is 0 Å². The van der Waals surface area contributed by atoms with Gasteiger partial charge in [0.15, 0.2) is 0 Å². The van der Waals surface area contributed by atoms with Gasteiger partial charge in [-0.25, -0.2) is 48.6 Å². The van der Waals surface area contributed by atoms with Crippen molar-refractivity contribution in [1.82, 2.24) is 0 Å². The first-order chi connectivity index (χ1) is 10.0. The largest absolute Gasteiger partial charge is 2.00 e. The van der Waals surface area contributed by atoms with Crippen molar-refractivity contribution in [3.8, 4) is 0 Å². The molecule has 0 aromatic heterocycles. The first-order valence-corrected chi connectivity index (χ1v) is 6.87. The SMILES string of the molecule is [C-]1=CC=CC1.[C-]1=CC=CC1.[C-]1=CC=CC1.[C-]1=CC=CC1.[Cl-].[Cl-].[Zr+2]. The van der Waals surface area contributed by atoms with Crippen LogP contribution in [0.15, 0.2) is 72.9 Å². The van der Waals surface area contributed by atoms with Crippen LogP contribution < -0.4 is 24.8 Å². The van der Waals surface area contributed by atoms with E-state index in [4.69, 9.17) is 0 Å². The predicted octanol–water partition coefficient (Wildman–Crippen LogP) is -0.772. The van der Waals surface area contributed by atoms with Crippen LogP contribution in [0.1, 0.15) is 25.7 Å². The Balaban J connectivity index is -0.000000222. The van der Waals surface area contributed by atoms with Crippen LogP contribution in [0.4, 0.5) is 0 Å². The van der Waals surface area contributed by atoms with Crippen LogP contribution in [-0.4, -0.2) is 0 Å². The summed E-state index contributed by atoms with van der Waals surface area (Å²) in [7, 11) is 0. The first kappa shape index (κ1) is 27.2. The van der Waals surface area contributed by atoms with Gasteiger partial charge in [0, 0.05) is 0 Å². The molecule has 0 nitrogen and oxygen atoms in total. The molecule has 0 amide bonds. The smallest absolute Gasteiger partial charge is 1.00 e. The molecule has 0 heterocycles. The molecular formula is C20H20Cl2Zr-4. The van der Waals surface area contributed by atoms with E-state index in [2.05, 4.69) is 48.6 Å². The Bertz CT molecular complexity index is 336. The second-order valence-corrected chi connectivity index (χ2v) is 4.01. The van der Waals surface area contributed by atoms with E-state index in [0.717, 1.165) is 25.7 Å². The quantitative estimate of drug-likeness (QED) is 0.450. The number of allylic oxidation sites excluding steroid dienone is 16. The molecule has 0 aromatic rings. The Morgan fingerprint density at radius 2 is 0.652 bits per heavy atom. The zero-order chi connectivity index (χ0) is 14.1. The van der Waals surface area contributed by atoms with Gasteiger partial charge in [-0.05, 0) is 0 Å². The molecule has 4 aliphatic carbocycles. The maximum Gasteiger partial charge on any atom is 2.00 e. The second-order valence-electron chi connectivity index (χ2n) is 4.01. The van der Waals surface area contributed by atoms with E-state index >= 15 is 0 Å². The van der Waals surface area contributed by atoms with E-state index in [9.17, 15) is 0 Å². The molecule has 0 saturated carbocycles. The van der Waals surface area contributed by atoms with Crippen LogP contribution in [0.3, 0.4) is 0 Å². The maximum atomic E-state index is 2.99. The van der Waals surface area contributed by atoms with Gasteiger partial charge in [0.05, 0.1) is 0 Å². The van der Waals surface area contributed by atoms with Crippen LogP contribution in [0.5, 0.6) is 0 Å². The molecule has 122 valence electrons. The van der Waals surface area contributed by atoms with Crippen molar-refractivity contribution in [1.29, 1.82) is 0 Å². The van der Waals surface area contributed by atoms with E-state index in [1.807, 2.05) is 48.6 Å². The van der Waals surface area contributed by atoms with E-state index in [1.165, 1.54) is 0 Å². The van der Waals surface area contributed by atoms with Gasteiger partial charge in [-0.1, -0.05) is 0 Å². The van der Waals surface area contributed by atoms with Crippen molar-refractivity contribution in [3.05, 3.63) is 97.2 Å². The summed E-state index contributed by atoms with van der Waals surface area (Å²) in [6, 6.07) is 0. The Labute approximate surface area is 173 Å². The molecule has 4 aliphatic rings. The van der Waals surface area contributed by atoms with Crippen molar-refractivity contribution < 1.29 is 51.0 Å². The summed E-state index contributed by atoms with van der Waals surface area (Å²) in [4.78, 5) is 0. The van der Waals surface area contributed by atoms with Crippen LogP contribution in [-0.2, 0) is 26.2 Å². The molecule has 0 atom stereocenters. The molecule has 0 fully saturated rings. The van der Waals surface area contributed by atoms with E-state index in [1.54, 1.807) is 0 Å². The summed E-state index contributed by atoms with van der Waals surface area (Å²) in [5, 5.41) is 0. The van der Waals surface area contributed by atoms with Gasteiger partial charge in [-0.2, -0.15) is 24.3 Å². The first-order valence-electron chi connectivity index (χ1n) is 6.87. The van der Waals surface area contributed by atoms with Gasteiger partial charge in [0.25, 0.3) is 0 Å². The number of hydrogen-bond acceptors (Lipinski definition) is 0. The Morgan fingerprint density at radius 3 is 0.696 bits per heavy atom. The Hall–Kier alpha value is -0.617. The molecule has 0 unspecified atom stereocenters. The number of hydrogen-bond donors (Lipinski definition) is 0. The van der Waals surface area contributed by atoms with Gasteiger partial charge < -0.3 is 24.8 Å². The zero-order valence-corrected chi connectivity index (χ0v) is 17.0. The van der Waals surface area contributed by atoms with E-state index < -0.39 is 0 Å². The minimum Gasteiger partial charge on any atom is -1.00 e. The second kappa shape index (κ2) is 23.6. The van der Waals surface area contributed by atoms with Crippen LogP contribution >= 0.6 is 0 Å². The molecule has 4 rings (SSSR count). The van der Waals surface area contributed by atoms with E-state index in [0.29, 0.717) is 0 Å².